The van der Waals surface area contributed by atoms with E-state index < -0.39 is 6.10 Å². The molecule has 1 unspecified atom stereocenters. The fourth-order valence-corrected chi connectivity index (χ4v) is 10.3. The van der Waals surface area contributed by atoms with E-state index in [4.69, 9.17) is 9.47 Å². The summed E-state index contributed by atoms with van der Waals surface area (Å²) in [5, 5.41) is 9.70. The fraction of sp³-hybridized carbons (Fsp3) is 0.740. The third-order valence-electron chi connectivity index (χ3n) is 15.6. The molecule has 0 amide bonds. The molecule has 0 aliphatic rings. The number of rotatable bonds is 65. The van der Waals surface area contributed by atoms with Gasteiger partial charge in [-0.25, -0.2) is 0 Å². The van der Waals surface area contributed by atoms with Crippen LogP contribution in [-0.4, -0.2) is 36.4 Å². The van der Waals surface area contributed by atoms with Crippen LogP contribution in [0.2, 0.25) is 0 Å². The van der Waals surface area contributed by atoms with Crippen LogP contribution in [0.5, 0.6) is 0 Å². The van der Waals surface area contributed by atoms with Crippen molar-refractivity contribution in [3.8, 4) is 0 Å². The molecule has 0 radical (unpaired) electrons. The van der Waals surface area contributed by atoms with E-state index in [1.165, 1.54) is 225 Å². The summed E-state index contributed by atoms with van der Waals surface area (Å²) in [7, 11) is 0. The summed E-state index contributed by atoms with van der Waals surface area (Å²) in [6.07, 6.45) is 104. The molecule has 0 saturated carbocycles. The summed E-state index contributed by atoms with van der Waals surface area (Å²) in [6, 6.07) is 0. The Morgan fingerprint density at radius 3 is 0.793 bits per heavy atom. The molecule has 472 valence electrons. The van der Waals surface area contributed by atoms with E-state index in [9.17, 15) is 14.7 Å². The average Bonchev–Trinajstić information content (AvgIpc) is 3.49. The molecular formula is C77H134O5. The second kappa shape index (κ2) is 71.8. The largest absolute Gasteiger partial charge is 0.462 e. The Hall–Kier alpha value is -3.44. The molecule has 0 saturated heterocycles. The van der Waals surface area contributed by atoms with Crippen LogP contribution in [0.3, 0.4) is 0 Å². The van der Waals surface area contributed by atoms with Gasteiger partial charge < -0.3 is 14.6 Å². The lowest BCUT2D eigenvalue weighted by atomic mass is 10.0. The Morgan fingerprint density at radius 1 is 0.293 bits per heavy atom. The first-order valence-corrected chi connectivity index (χ1v) is 35.4. The zero-order valence-electron chi connectivity index (χ0n) is 54.2. The monoisotopic (exact) mass is 1140 g/mol. The van der Waals surface area contributed by atoms with Crippen molar-refractivity contribution in [1.29, 1.82) is 0 Å². The zero-order chi connectivity index (χ0) is 59.1. The van der Waals surface area contributed by atoms with Crippen LogP contribution in [0.25, 0.3) is 0 Å². The van der Waals surface area contributed by atoms with Crippen molar-refractivity contribution in [2.75, 3.05) is 13.2 Å². The van der Waals surface area contributed by atoms with Crippen LogP contribution in [0, 0.1) is 0 Å². The van der Waals surface area contributed by atoms with Gasteiger partial charge in [0.15, 0.2) is 6.10 Å². The molecule has 5 nitrogen and oxygen atoms in total. The molecule has 0 fully saturated rings. The van der Waals surface area contributed by atoms with Gasteiger partial charge in [0.25, 0.3) is 0 Å². The maximum absolute atomic E-state index is 12.4. The summed E-state index contributed by atoms with van der Waals surface area (Å²) in [6.45, 7) is 4.04. The van der Waals surface area contributed by atoms with Crippen molar-refractivity contribution in [2.45, 2.75) is 354 Å². The lowest BCUT2D eigenvalue weighted by molar-refractivity contribution is -0.161. The number of aliphatic hydroxyl groups is 1. The second-order valence-electron chi connectivity index (χ2n) is 23.6. The van der Waals surface area contributed by atoms with Gasteiger partial charge in [0.05, 0.1) is 6.61 Å². The van der Waals surface area contributed by atoms with Crippen molar-refractivity contribution in [3.05, 3.63) is 109 Å². The first-order valence-electron chi connectivity index (χ1n) is 35.4. The zero-order valence-corrected chi connectivity index (χ0v) is 54.2. The Morgan fingerprint density at radius 2 is 0.524 bits per heavy atom. The molecule has 0 aliphatic carbocycles. The molecule has 0 rings (SSSR count). The summed E-state index contributed by atoms with van der Waals surface area (Å²) in [5.41, 5.74) is 0. The van der Waals surface area contributed by atoms with Crippen LogP contribution in [0.4, 0.5) is 0 Å². The first kappa shape index (κ1) is 78.6. The lowest BCUT2D eigenvalue weighted by Gasteiger charge is -2.15. The number of aliphatic hydroxyl groups excluding tert-OH is 1. The van der Waals surface area contributed by atoms with E-state index >= 15 is 0 Å². The van der Waals surface area contributed by atoms with Gasteiger partial charge in [-0.3, -0.25) is 9.59 Å². The third kappa shape index (κ3) is 69.1. The molecule has 0 aliphatic heterocycles. The number of allylic oxidation sites excluding steroid dienone is 18. The highest BCUT2D eigenvalue weighted by molar-refractivity contribution is 5.70. The topological polar surface area (TPSA) is 72.8 Å². The summed E-state index contributed by atoms with van der Waals surface area (Å²) in [5.74, 6) is -0.595. The van der Waals surface area contributed by atoms with Crippen LogP contribution in [0.1, 0.15) is 348 Å². The molecular weight excluding hydrogens is 1000 g/mol. The number of esters is 2. The molecule has 0 aromatic rings. The summed E-state index contributed by atoms with van der Waals surface area (Å²) >= 11 is 0. The predicted molar refractivity (Wildman–Crippen MR) is 362 cm³/mol. The Bertz CT molecular complexity index is 1570. The van der Waals surface area contributed by atoms with Gasteiger partial charge in [0, 0.05) is 12.8 Å². The molecule has 1 N–H and O–H groups in total. The minimum Gasteiger partial charge on any atom is -0.462 e. The summed E-state index contributed by atoms with van der Waals surface area (Å²) in [4.78, 5) is 24.6. The Labute approximate surface area is 510 Å². The van der Waals surface area contributed by atoms with Crippen molar-refractivity contribution < 1.29 is 24.2 Å². The van der Waals surface area contributed by atoms with Gasteiger partial charge in [-0.15, -0.1) is 0 Å². The minimum atomic E-state index is -0.785. The van der Waals surface area contributed by atoms with Crippen molar-refractivity contribution in [2.24, 2.45) is 0 Å². The minimum absolute atomic E-state index is 0.0726. The van der Waals surface area contributed by atoms with Crippen LogP contribution < -0.4 is 0 Å². The fourth-order valence-electron chi connectivity index (χ4n) is 10.3. The van der Waals surface area contributed by atoms with E-state index in [-0.39, 0.29) is 25.2 Å². The van der Waals surface area contributed by atoms with E-state index in [0.29, 0.717) is 12.8 Å². The normalized spacial score (nSPS) is 12.9. The average molecular weight is 1140 g/mol. The van der Waals surface area contributed by atoms with Gasteiger partial charge in [-0.1, -0.05) is 342 Å². The SMILES string of the molecule is CC/C=C\C/C=C\C/C=C\C/C=C\C/C=C\C/C=C\C/C=C\CCCCCCCCCC(=O)OC(CO)COC(=O)CCCCCCCCCCCCCCCCCCCCCCCCCCCCC/C=C\C/C=C\CCCCCCC. The first-order chi connectivity index (χ1) is 40.6. The van der Waals surface area contributed by atoms with Gasteiger partial charge in [-0.2, -0.15) is 0 Å². The number of carbonyl (C=O) groups excluding carboxylic acids is 2. The van der Waals surface area contributed by atoms with Crippen molar-refractivity contribution >= 4 is 11.9 Å². The van der Waals surface area contributed by atoms with Gasteiger partial charge in [0.1, 0.15) is 6.61 Å². The van der Waals surface area contributed by atoms with Crippen LogP contribution >= 0.6 is 0 Å². The highest BCUT2D eigenvalue weighted by Gasteiger charge is 2.16. The molecule has 5 heteroatoms. The lowest BCUT2D eigenvalue weighted by Crippen LogP contribution is -2.28. The molecule has 1 atom stereocenters. The number of hydrogen-bond donors (Lipinski definition) is 1. The number of unbranched alkanes of at least 4 members (excludes halogenated alkanes) is 39. The molecule has 0 aromatic carbocycles. The predicted octanol–water partition coefficient (Wildman–Crippen LogP) is 24.8. The maximum Gasteiger partial charge on any atom is 0.306 e. The number of ether oxygens (including phenoxy) is 2. The quantitative estimate of drug-likeness (QED) is 0.0373. The van der Waals surface area contributed by atoms with Gasteiger partial charge in [-0.05, 0) is 103 Å². The molecule has 82 heavy (non-hydrogen) atoms. The van der Waals surface area contributed by atoms with E-state index in [1.807, 2.05) is 0 Å². The molecule has 0 bridgehead atoms. The standard InChI is InChI=1S/C77H134O5/c1-3-5-7-9-11-13-15-17-19-21-23-25-27-29-31-33-34-35-36-37-38-39-40-41-42-44-45-47-49-51-53-55-57-59-61-63-65-67-69-71-76(79)81-74-75(73-78)82-77(80)72-70-68-66-64-62-60-58-56-54-52-50-48-46-43-32-30-28-26-24-22-20-18-16-14-12-10-8-6-4-2/h6,8,12,14-15,17-18,20-21,23-24,26,30,32,46,48,52,54,75,78H,3-5,7,9-11,13,16,19,22,25,27-29,31,33-45,47,49-51,53,55-74H2,1-2H3/b8-6-,14-12-,17-15-,20-18-,23-21-,26-24-,32-30-,48-46-,54-52-. The molecule has 0 aromatic heterocycles. The summed E-state index contributed by atoms with van der Waals surface area (Å²) < 4.78 is 10.7. The Balaban J connectivity index is 3.45. The Kier molecular flexibility index (Phi) is 68.8. The second-order valence-corrected chi connectivity index (χ2v) is 23.6. The maximum atomic E-state index is 12.4. The number of hydrogen-bond acceptors (Lipinski definition) is 5. The van der Waals surface area contributed by atoms with Crippen molar-refractivity contribution in [3.63, 3.8) is 0 Å². The van der Waals surface area contributed by atoms with Gasteiger partial charge >= 0.3 is 11.9 Å². The number of carbonyl (C=O) groups is 2. The third-order valence-corrected chi connectivity index (χ3v) is 15.6. The van der Waals surface area contributed by atoms with Gasteiger partial charge in [0.2, 0.25) is 0 Å². The highest BCUT2D eigenvalue weighted by Crippen LogP contribution is 2.18. The highest BCUT2D eigenvalue weighted by atomic mass is 16.6. The van der Waals surface area contributed by atoms with Crippen LogP contribution in [-0.2, 0) is 19.1 Å². The van der Waals surface area contributed by atoms with Crippen LogP contribution in [0.15, 0.2) is 109 Å². The van der Waals surface area contributed by atoms with Crippen molar-refractivity contribution in [1.82, 2.24) is 0 Å². The smallest absolute Gasteiger partial charge is 0.306 e. The molecule has 0 spiro atoms. The van der Waals surface area contributed by atoms with E-state index in [0.717, 1.165) is 96.3 Å². The van der Waals surface area contributed by atoms with E-state index in [1.54, 1.807) is 0 Å². The molecule has 0 heterocycles. The van der Waals surface area contributed by atoms with E-state index in [2.05, 4.69) is 123 Å².